The van der Waals surface area contributed by atoms with E-state index >= 15 is 0 Å². The van der Waals surface area contributed by atoms with E-state index < -0.39 is 0 Å². The Labute approximate surface area is 127 Å². The van der Waals surface area contributed by atoms with Crippen molar-refractivity contribution in [3.05, 3.63) is 29.3 Å². The molecule has 2 fully saturated rings. The number of phenolic OH excluding ortho intramolecular Hbond substituents is 1. The van der Waals surface area contributed by atoms with Crippen molar-refractivity contribution in [2.24, 2.45) is 17.3 Å². The normalized spacial score (nSPS) is 44.8. The van der Waals surface area contributed by atoms with Gasteiger partial charge >= 0.3 is 0 Å². The van der Waals surface area contributed by atoms with Gasteiger partial charge in [0.05, 0.1) is 6.10 Å². The standard InChI is InChI=1S/C19H26O2/c1-18-7-8-19(2)15-6-4-13(20)9-12(15)3-5-16(19)17(18)10-14(21)11-18/h4,6,9,14,16-17,20-21H,3,5,7-8,10-11H2,1-2H3/t14-,16-,17-,18+,19+/m0/s1. The van der Waals surface area contributed by atoms with Crippen molar-refractivity contribution >= 4 is 0 Å². The summed E-state index contributed by atoms with van der Waals surface area (Å²) < 4.78 is 0. The van der Waals surface area contributed by atoms with Gasteiger partial charge < -0.3 is 10.2 Å². The molecule has 1 aromatic rings. The monoisotopic (exact) mass is 286 g/mol. The van der Waals surface area contributed by atoms with Crippen molar-refractivity contribution in [1.29, 1.82) is 0 Å². The van der Waals surface area contributed by atoms with Gasteiger partial charge in [0.25, 0.3) is 0 Å². The maximum atomic E-state index is 10.2. The number of rotatable bonds is 0. The molecule has 0 amide bonds. The molecule has 0 bridgehead atoms. The maximum absolute atomic E-state index is 10.2. The van der Waals surface area contributed by atoms with Crippen LogP contribution in [0.25, 0.3) is 0 Å². The number of aryl methyl sites for hydroxylation is 1. The molecule has 0 aliphatic heterocycles. The zero-order chi connectivity index (χ0) is 14.8. The Hall–Kier alpha value is -1.02. The minimum absolute atomic E-state index is 0.0939. The lowest BCUT2D eigenvalue weighted by Gasteiger charge is -2.55. The van der Waals surface area contributed by atoms with Gasteiger partial charge in [0, 0.05) is 0 Å². The first-order chi connectivity index (χ1) is 9.92. The van der Waals surface area contributed by atoms with E-state index in [9.17, 15) is 10.2 Å². The van der Waals surface area contributed by atoms with E-state index in [-0.39, 0.29) is 11.5 Å². The highest BCUT2D eigenvalue weighted by atomic mass is 16.3. The molecule has 5 atom stereocenters. The van der Waals surface area contributed by atoms with Gasteiger partial charge in [-0.3, -0.25) is 0 Å². The van der Waals surface area contributed by atoms with Crippen LogP contribution in [0, 0.1) is 17.3 Å². The molecule has 3 aliphatic rings. The summed E-state index contributed by atoms with van der Waals surface area (Å²) in [5, 5.41) is 20.0. The lowest BCUT2D eigenvalue weighted by atomic mass is 9.49. The van der Waals surface area contributed by atoms with E-state index in [2.05, 4.69) is 19.9 Å². The third-order valence-electron chi connectivity index (χ3n) is 7.07. The van der Waals surface area contributed by atoms with Crippen molar-refractivity contribution in [3.8, 4) is 5.75 Å². The number of phenols is 1. The number of aliphatic hydroxyl groups is 1. The molecule has 0 heterocycles. The Morgan fingerprint density at radius 3 is 2.76 bits per heavy atom. The molecule has 2 saturated carbocycles. The second kappa shape index (κ2) is 4.25. The Morgan fingerprint density at radius 2 is 1.95 bits per heavy atom. The molecular formula is C19H26O2. The fourth-order valence-electron chi connectivity index (χ4n) is 5.97. The largest absolute Gasteiger partial charge is 0.508 e. The van der Waals surface area contributed by atoms with Crippen LogP contribution in [-0.4, -0.2) is 16.3 Å². The minimum atomic E-state index is -0.0939. The number of hydrogen-bond donors (Lipinski definition) is 2. The lowest BCUT2D eigenvalue weighted by Crippen LogP contribution is -2.49. The van der Waals surface area contributed by atoms with Gasteiger partial charge in [-0.25, -0.2) is 0 Å². The molecule has 0 spiro atoms. The summed E-state index contributed by atoms with van der Waals surface area (Å²) in [7, 11) is 0. The van der Waals surface area contributed by atoms with Crippen molar-refractivity contribution in [1.82, 2.24) is 0 Å². The van der Waals surface area contributed by atoms with Gasteiger partial charge in [0.15, 0.2) is 0 Å². The number of hydrogen-bond acceptors (Lipinski definition) is 2. The highest BCUT2D eigenvalue weighted by molar-refractivity contribution is 5.43. The Kier molecular flexibility index (Phi) is 2.76. The molecule has 0 saturated heterocycles. The molecule has 0 radical (unpaired) electrons. The zero-order valence-electron chi connectivity index (χ0n) is 13.1. The van der Waals surface area contributed by atoms with Crippen LogP contribution in [0.5, 0.6) is 5.75 Å². The molecule has 0 unspecified atom stereocenters. The van der Waals surface area contributed by atoms with Gasteiger partial charge in [-0.2, -0.15) is 0 Å². The van der Waals surface area contributed by atoms with Gasteiger partial charge in [-0.15, -0.1) is 0 Å². The molecule has 1 aromatic carbocycles. The average Bonchev–Trinajstić information content (AvgIpc) is 2.73. The van der Waals surface area contributed by atoms with Crippen LogP contribution < -0.4 is 0 Å². The smallest absolute Gasteiger partial charge is 0.115 e. The first-order valence-electron chi connectivity index (χ1n) is 8.43. The number of aliphatic hydroxyl groups excluding tert-OH is 1. The fourth-order valence-corrected chi connectivity index (χ4v) is 5.97. The van der Waals surface area contributed by atoms with Crippen LogP contribution in [-0.2, 0) is 11.8 Å². The van der Waals surface area contributed by atoms with Crippen molar-refractivity contribution in [2.75, 3.05) is 0 Å². The average molecular weight is 286 g/mol. The fraction of sp³-hybridized carbons (Fsp3) is 0.684. The van der Waals surface area contributed by atoms with Crippen LogP contribution in [0.1, 0.15) is 57.1 Å². The van der Waals surface area contributed by atoms with Gasteiger partial charge in [-0.1, -0.05) is 19.9 Å². The molecule has 21 heavy (non-hydrogen) atoms. The Bertz CT molecular complexity index is 581. The summed E-state index contributed by atoms with van der Waals surface area (Å²) in [5.74, 6) is 1.74. The topological polar surface area (TPSA) is 40.5 Å². The van der Waals surface area contributed by atoms with E-state index in [1.807, 2.05) is 12.1 Å². The molecule has 0 aromatic heterocycles. The van der Waals surface area contributed by atoms with E-state index in [1.54, 1.807) is 0 Å². The summed E-state index contributed by atoms with van der Waals surface area (Å²) in [5.41, 5.74) is 3.38. The predicted molar refractivity (Wildman–Crippen MR) is 83.3 cm³/mol. The summed E-state index contributed by atoms with van der Waals surface area (Å²) in [6.45, 7) is 4.83. The zero-order valence-corrected chi connectivity index (χ0v) is 13.1. The van der Waals surface area contributed by atoms with Crippen molar-refractivity contribution < 1.29 is 10.2 Å². The van der Waals surface area contributed by atoms with Crippen LogP contribution in [0.3, 0.4) is 0 Å². The number of benzene rings is 1. The van der Waals surface area contributed by atoms with E-state index in [0.717, 1.165) is 19.3 Å². The highest BCUT2D eigenvalue weighted by Gasteiger charge is 2.57. The molecule has 2 nitrogen and oxygen atoms in total. The van der Waals surface area contributed by atoms with E-state index in [0.29, 0.717) is 23.0 Å². The van der Waals surface area contributed by atoms with Crippen LogP contribution in [0.2, 0.25) is 0 Å². The molecule has 4 rings (SSSR count). The third-order valence-corrected chi connectivity index (χ3v) is 7.07. The second-order valence-electron chi connectivity index (χ2n) is 8.26. The van der Waals surface area contributed by atoms with Gasteiger partial charge in [-0.05, 0) is 84.5 Å². The van der Waals surface area contributed by atoms with Gasteiger partial charge in [0.1, 0.15) is 5.75 Å². The summed E-state index contributed by atoms with van der Waals surface area (Å²) >= 11 is 0. The maximum Gasteiger partial charge on any atom is 0.115 e. The lowest BCUT2D eigenvalue weighted by molar-refractivity contribution is 0.0141. The first kappa shape index (κ1) is 13.6. The predicted octanol–water partition coefficient (Wildman–Crippen LogP) is 3.78. The molecular weight excluding hydrogens is 260 g/mol. The third kappa shape index (κ3) is 1.81. The molecule has 2 heteroatoms. The Balaban J connectivity index is 1.78. The van der Waals surface area contributed by atoms with E-state index in [1.165, 1.54) is 30.4 Å². The van der Waals surface area contributed by atoms with Crippen LogP contribution in [0.4, 0.5) is 0 Å². The Morgan fingerprint density at radius 1 is 1.14 bits per heavy atom. The van der Waals surface area contributed by atoms with Crippen LogP contribution in [0.15, 0.2) is 18.2 Å². The van der Waals surface area contributed by atoms with Gasteiger partial charge in [0.2, 0.25) is 0 Å². The molecule has 3 aliphatic carbocycles. The highest BCUT2D eigenvalue weighted by Crippen LogP contribution is 2.63. The summed E-state index contributed by atoms with van der Waals surface area (Å²) in [6, 6.07) is 5.97. The molecule has 114 valence electrons. The second-order valence-corrected chi connectivity index (χ2v) is 8.26. The summed E-state index contributed by atoms with van der Waals surface area (Å²) in [4.78, 5) is 0. The quantitative estimate of drug-likeness (QED) is 0.762. The van der Waals surface area contributed by atoms with Crippen molar-refractivity contribution in [2.45, 2.75) is 63.9 Å². The molecule has 2 N–H and O–H groups in total. The SMILES string of the molecule is C[C@]12CC[C@]3(C)c4ccc(O)cc4CC[C@H]3[C@@H]1C[C@H](O)C2. The number of fused-ring (bicyclic) bond motifs is 5. The first-order valence-corrected chi connectivity index (χ1v) is 8.43. The van der Waals surface area contributed by atoms with E-state index in [4.69, 9.17) is 0 Å². The van der Waals surface area contributed by atoms with Crippen LogP contribution >= 0.6 is 0 Å². The number of aromatic hydroxyl groups is 1. The summed E-state index contributed by atoms with van der Waals surface area (Å²) in [6.07, 6.45) is 6.62. The van der Waals surface area contributed by atoms with Crippen molar-refractivity contribution in [3.63, 3.8) is 0 Å². The minimum Gasteiger partial charge on any atom is -0.508 e.